The maximum absolute atomic E-state index is 11.2. The maximum Gasteiger partial charge on any atom is 0.339 e. The summed E-state index contributed by atoms with van der Waals surface area (Å²) in [6, 6.07) is 5.20. The van der Waals surface area contributed by atoms with E-state index >= 15 is 0 Å². The zero-order chi connectivity index (χ0) is 12.7. The van der Waals surface area contributed by atoms with Crippen molar-refractivity contribution in [3.63, 3.8) is 0 Å². The molecule has 2 heterocycles. The molecular formula is C12H10ClN3O2. The van der Waals surface area contributed by atoms with E-state index in [0.717, 1.165) is 18.5 Å². The fourth-order valence-electron chi connectivity index (χ4n) is 1.97. The van der Waals surface area contributed by atoms with Crippen molar-refractivity contribution >= 4 is 17.6 Å². The predicted molar refractivity (Wildman–Crippen MR) is 65.3 cm³/mol. The molecular weight excluding hydrogens is 254 g/mol. The van der Waals surface area contributed by atoms with E-state index < -0.39 is 5.97 Å². The Bertz CT molecular complexity index is 620. The maximum atomic E-state index is 11.2. The van der Waals surface area contributed by atoms with Crippen LogP contribution in [0.1, 0.15) is 34.8 Å². The topological polar surface area (TPSA) is 68.0 Å². The van der Waals surface area contributed by atoms with Crippen molar-refractivity contribution < 1.29 is 9.90 Å². The SMILES string of the molecule is O=C(O)c1cnn(-c2cccc(Cl)n2)c1C1CC1. The lowest BCUT2D eigenvalue weighted by atomic mass is 10.2. The van der Waals surface area contributed by atoms with Crippen LogP contribution < -0.4 is 0 Å². The van der Waals surface area contributed by atoms with Crippen molar-refractivity contribution in [3.8, 4) is 5.82 Å². The normalized spacial score (nSPS) is 14.7. The van der Waals surface area contributed by atoms with Gasteiger partial charge in [-0.3, -0.25) is 0 Å². The lowest BCUT2D eigenvalue weighted by Crippen LogP contribution is -2.07. The number of aromatic nitrogens is 3. The largest absolute Gasteiger partial charge is 0.478 e. The summed E-state index contributed by atoms with van der Waals surface area (Å²) in [5.41, 5.74) is 0.969. The Labute approximate surface area is 108 Å². The molecule has 1 fully saturated rings. The quantitative estimate of drug-likeness (QED) is 0.864. The van der Waals surface area contributed by atoms with Gasteiger partial charge in [0.1, 0.15) is 10.7 Å². The van der Waals surface area contributed by atoms with Crippen LogP contribution in [0.3, 0.4) is 0 Å². The molecule has 0 spiro atoms. The van der Waals surface area contributed by atoms with Gasteiger partial charge in [-0.25, -0.2) is 14.5 Å². The van der Waals surface area contributed by atoms with Gasteiger partial charge in [-0.1, -0.05) is 17.7 Å². The van der Waals surface area contributed by atoms with Gasteiger partial charge < -0.3 is 5.11 Å². The van der Waals surface area contributed by atoms with Gasteiger partial charge in [0, 0.05) is 5.92 Å². The van der Waals surface area contributed by atoms with Crippen LogP contribution in [0.25, 0.3) is 5.82 Å². The van der Waals surface area contributed by atoms with Gasteiger partial charge in [-0.05, 0) is 25.0 Å². The zero-order valence-electron chi connectivity index (χ0n) is 9.38. The number of rotatable bonds is 3. The van der Waals surface area contributed by atoms with E-state index in [-0.39, 0.29) is 11.5 Å². The molecule has 0 radical (unpaired) electrons. The van der Waals surface area contributed by atoms with E-state index in [1.54, 1.807) is 22.9 Å². The fraction of sp³-hybridized carbons (Fsp3) is 0.250. The molecule has 1 aliphatic rings. The lowest BCUT2D eigenvalue weighted by molar-refractivity contribution is 0.0695. The van der Waals surface area contributed by atoms with Gasteiger partial charge in [0.05, 0.1) is 11.9 Å². The van der Waals surface area contributed by atoms with Crippen LogP contribution in [-0.2, 0) is 0 Å². The Balaban J connectivity index is 2.15. The van der Waals surface area contributed by atoms with E-state index in [0.29, 0.717) is 11.0 Å². The van der Waals surface area contributed by atoms with Gasteiger partial charge in [0.15, 0.2) is 5.82 Å². The summed E-state index contributed by atoms with van der Waals surface area (Å²) in [6.45, 7) is 0. The average molecular weight is 264 g/mol. The number of carbonyl (C=O) groups is 1. The van der Waals surface area contributed by atoms with Crippen molar-refractivity contribution in [2.24, 2.45) is 0 Å². The van der Waals surface area contributed by atoms with E-state index in [1.165, 1.54) is 6.20 Å². The number of carboxylic acid groups (broad SMARTS) is 1. The standard InChI is InChI=1S/C12H10ClN3O2/c13-9-2-1-3-10(15-9)16-11(7-4-5-7)8(6-14-16)12(17)18/h1-3,6-7H,4-5H2,(H,17,18). The molecule has 2 aromatic rings. The zero-order valence-corrected chi connectivity index (χ0v) is 10.1. The van der Waals surface area contributed by atoms with Crippen LogP contribution in [0, 0.1) is 0 Å². The molecule has 92 valence electrons. The molecule has 18 heavy (non-hydrogen) atoms. The number of hydrogen-bond donors (Lipinski definition) is 1. The number of carboxylic acids is 1. The highest BCUT2D eigenvalue weighted by Crippen LogP contribution is 2.42. The van der Waals surface area contributed by atoms with Gasteiger partial charge in [0.25, 0.3) is 0 Å². The number of halogens is 1. The second kappa shape index (κ2) is 4.10. The summed E-state index contributed by atoms with van der Waals surface area (Å²) in [6.07, 6.45) is 3.36. The van der Waals surface area contributed by atoms with E-state index in [4.69, 9.17) is 16.7 Å². The highest BCUT2D eigenvalue weighted by molar-refractivity contribution is 6.29. The molecule has 0 aromatic carbocycles. The number of pyridine rings is 1. The van der Waals surface area contributed by atoms with Crippen LogP contribution in [0.2, 0.25) is 5.15 Å². The highest BCUT2D eigenvalue weighted by atomic mass is 35.5. The van der Waals surface area contributed by atoms with Crippen LogP contribution >= 0.6 is 11.6 Å². The van der Waals surface area contributed by atoms with E-state index in [1.807, 2.05) is 0 Å². The summed E-state index contributed by atoms with van der Waals surface area (Å²) >= 11 is 5.84. The summed E-state index contributed by atoms with van der Waals surface area (Å²) in [4.78, 5) is 15.3. The summed E-state index contributed by atoms with van der Waals surface area (Å²) in [7, 11) is 0. The summed E-state index contributed by atoms with van der Waals surface area (Å²) < 4.78 is 1.58. The monoisotopic (exact) mass is 263 g/mol. The molecule has 3 rings (SSSR count). The molecule has 0 amide bonds. The number of hydrogen-bond acceptors (Lipinski definition) is 3. The first-order valence-corrected chi connectivity index (χ1v) is 5.99. The van der Waals surface area contributed by atoms with Crippen LogP contribution in [0.4, 0.5) is 0 Å². The minimum absolute atomic E-state index is 0.249. The van der Waals surface area contributed by atoms with Gasteiger partial charge >= 0.3 is 5.97 Å². The van der Waals surface area contributed by atoms with Crippen molar-refractivity contribution in [1.82, 2.24) is 14.8 Å². The molecule has 2 aromatic heterocycles. The summed E-state index contributed by atoms with van der Waals surface area (Å²) in [5, 5.41) is 13.6. The molecule has 0 atom stereocenters. The predicted octanol–water partition coefficient (Wildman–Crippen LogP) is 2.50. The first-order valence-electron chi connectivity index (χ1n) is 5.61. The van der Waals surface area contributed by atoms with E-state index in [2.05, 4.69) is 10.1 Å². The van der Waals surface area contributed by atoms with E-state index in [9.17, 15) is 4.79 Å². The Hall–Kier alpha value is -1.88. The number of aromatic carboxylic acids is 1. The highest BCUT2D eigenvalue weighted by Gasteiger charge is 2.33. The van der Waals surface area contributed by atoms with Crippen molar-refractivity contribution in [2.45, 2.75) is 18.8 Å². The minimum atomic E-state index is -0.954. The molecule has 6 heteroatoms. The number of nitrogens with zero attached hydrogens (tertiary/aromatic N) is 3. The fourth-order valence-corrected chi connectivity index (χ4v) is 2.13. The Kier molecular flexibility index (Phi) is 2.56. The molecule has 0 aliphatic heterocycles. The third-order valence-corrected chi connectivity index (χ3v) is 3.13. The van der Waals surface area contributed by atoms with Crippen LogP contribution in [0.15, 0.2) is 24.4 Å². The third kappa shape index (κ3) is 1.86. The second-order valence-electron chi connectivity index (χ2n) is 4.25. The molecule has 1 saturated carbocycles. The Morgan fingerprint density at radius 2 is 2.22 bits per heavy atom. The molecule has 5 nitrogen and oxygen atoms in total. The molecule has 0 unspecified atom stereocenters. The average Bonchev–Trinajstić information content (AvgIpc) is 3.07. The Morgan fingerprint density at radius 1 is 1.44 bits per heavy atom. The van der Waals surface area contributed by atoms with Crippen LogP contribution in [0.5, 0.6) is 0 Å². The minimum Gasteiger partial charge on any atom is -0.478 e. The Morgan fingerprint density at radius 3 is 2.83 bits per heavy atom. The molecule has 1 aliphatic carbocycles. The first kappa shape index (κ1) is 11.2. The van der Waals surface area contributed by atoms with Crippen molar-refractivity contribution in [2.75, 3.05) is 0 Å². The first-order chi connectivity index (χ1) is 8.66. The molecule has 0 bridgehead atoms. The molecule has 1 N–H and O–H groups in total. The van der Waals surface area contributed by atoms with Gasteiger partial charge in [-0.2, -0.15) is 5.10 Å². The third-order valence-electron chi connectivity index (χ3n) is 2.92. The smallest absolute Gasteiger partial charge is 0.339 e. The van der Waals surface area contributed by atoms with Gasteiger partial charge in [0.2, 0.25) is 0 Å². The van der Waals surface area contributed by atoms with Crippen molar-refractivity contribution in [3.05, 3.63) is 40.8 Å². The van der Waals surface area contributed by atoms with Gasteiger partial charge in [-0.15, -0.1) is 0 Å². The second-order valence-corrected chi connectivity index (χ2v) is 4.64. The molecule has 0 saturated heterocycles. The van der Waals surface area contributed by atoms with Crippen LogP contribution in [-0.4, -0.2) is 25.8 Å². The summed E-state index contributed by atoms with van der Waals surface area (Å²) in [5.74, 6) is -0.138. The van der Waals surface area contributed by atoms with Crippen molar-refractivity contribution in [1.29, 1.82) is 0 Å². The lowest BCUT2D eigenvalue weighted by Gasteiger charge is -2.06.